The summed E-state index contributed by atoms with van der Waals surface area (Å²) in [6.45, 7) is 4.47. The van der Waals surface area contributed by atoms with Crippen LogP contribution in [-0.4, -0.2) is 115 Å². The molecule has 8 atom stereocenters. The van der Waals surface area contributed by atoms with Gasteiger partial charge in [0.2, 0.25) is 35.4 Å². The van der Waals surface area contributed by atoms with Crippen LogP contribution in [0.2, 0.25) is 0 Å². The number of hydrogen-bond donors (Lipinski definition) is 7. The van der Waals surface area contributed by atoms with E-state index in [0.29, 0.717) is 62.9 Å². The molecule has 2 aromatic carbocycles. The van der Waals surface area contributed by atoms with Gasteiger partial charge in [-0.1, -0.05) is 62.8 Å². The van der Waals surface area contributed by atoms with Crippen LogP contribution in [0.5, 0.6) is 0 Å². The van der Waals surface area contributed by atoms with Crippen molar-refractivity contribution in [2.24, 2.45) is 11.8 Å². The van der Waals surface area contributed by atoms with Crippen LogP contribution in [0.25, 0.3) is 0 Å². The second-order valence-electron chi connectivity index (χ2n) is 21.3. The van der Waals surface area contributed by atoms with Crippen molar-refractivity contribution in [1.29, 1.82) is 0 Å². The van der Waals surface area contributed by atoms with E-state index in [2.05, 4.69) is 37.2 Å². The lowest BCUT2D eigenvalue weighted by Gasteiger charge is -2.36. The van der Waals surface area contributed by atoms with Gasteiger partial charge in [-0.3, -0.25) is 33.6 Å². The van der Waals surface area contributed by atoms with E-state index < -0.39 is 36.3 Å². The molecule has 2 saturated heterocycles. The largest absolute Gasteiger partial charge is 0.347 e. The van der Waals surface area contributed by atoms with Crippen molar-refractivity contribution >= 4 is 47.0 Å². The summed E-state index contributed by atoms with van der Waals surface area (Å²) in [6.07, 6.45) is 16.6. The van der Waals surface area contributed by atoms with Crippen molar-refractivity contribution in [1.82, 2.24) is 41.7 Å². The summed E-state index contributed by atoms with van der Waals surface area (Å²) in [5, 5.41) is 21.9. The molecule has 0 aromatic heterocycles. The lowest BCUT2D eigenvalue weighted by molar-refractivity contribution is -0.143. The zero-order valence-corrected chi connectivity index (χ0v) is 42.5. The zero-order chi connectivity index (χ0) is 50.2. The molecule has 2 aliphatic heterocycles. The average Bonchev–Trinajstić information content (AvgIpc) is 4.11. The first-order valence-electron chi connectivity index (χ1n) is 27.1. The van der Waals surface area contributed by atoms with Gasteiger partial charge in [0.1, 0.15) is 24.2 Å². The number of nitrogens with one attached hydrogen (secondary N) is 7. The molecule has 0 bridgehead atoms. The Morgan fingerprint density at radius 1 is 0.521 bits per heavy atom. The zero-order valence-electron chi connectivity index (χ0n) is 42.5. The fourth-order valence-electron chi connectivity index (χ4n) is 12.5. The van der Waals surface area contributed by atoms with Gasteiger partial charge in [0.05, 0.1) is 24.2 Å². The van der Waals surface area contributed by atoms with Gasteiger partial charge in [-0.05, 0) is 164 Å². The Balaban J connectivity index is 0.930. The number of carbonyl (C=O) groups excluding carboxylic acids is 7. The highest BCUT2D eigenvalue weighted by atomic mass is 16.2. The molecule has 0 radical (unpaired) electrons. The number of likely N-dealkylation sites (tertiary alicyclic amines) is 2. The van der Waals surface area contributed by atoms with Crippen LogP contribution in [0.4, 0.5) is 5.69 Å². The van der Waals surface area contributed by atoms with E-state index in [1.165, 1.54) is 0 Å². The summed E-state index contributed by atoms with van der Waals surface area (Å²) >= 11 is 0. The molecule has 2 heterocycles. The highest BCUT2D eigenvalue weighted by molar-refractivity contribution is 6.06. The number of likely N-dealkylation sites (N-methyl/N-ethyl adjacent to an activating group) is 2. The van der Waals surface area contributed by atoms with Gasteiger partial charge in [-0.15, -0.1) is 0 Å². The predicted octanol–water partition coefficient (Wildman–Crippen LogP) is 5.25. The van der Waals surface area contributed by atoms with Gasteiger partial charge in [0.25, 0.3) is 5.91 Å². The number of carbonyl (C=O) groups is 7. The third-order valence-corrected chi connectivity index (χ3v) is 16.8. The van der Waals surface area contributed by atoms with Crippen LogP contribution in [0.1, 0.15) is 174 Å². The van der Waals surface area contributed by atoms with Crippen molar-refractivity contribution in [3.8, 4) is 0 Å². The normalized spacial score (nSPS) is 24.3. The second kappa shape index (κ2) is 23.9. The highest BCUT2D eigenvalue weighted by Gasteiger charge is 2.44. The number of rotatable bonds is 16. The van der Waals surface area contributed by atoms with Gasteiger partial charge in [0, 0.05) is 24.3 Å². The third kappa shape index (κ3) is 11.8. The summed E-state index contributed by atoms with van der Waals surface area (Å²) in [6, 6.07) is 7.34. The Kier molecular flexibility index (Phi) is 17.5. The lowest BCUT2D eigenvalue weighted by Crippen LogP contribution is -2.58. The molecule has 4 aliphatic carbocycles. The number of hydrogen-bond acceptors (Lipinski definition) is 9. The molecular weight excluding hydrogens is 899 g/mol. The van der Waals surface area contributed by atoms with Crippen LogP contribution in [0.15, 0.2) is 36.4 Å². The van der Waals surface area contributed by atoms with Gasteiger partial charge < -0.3 is 47.0 Å². The van der Waals surface area contributed by atoms with E-state index in [9.17, 15) is 33.6 Å². The van der Waals surface area contributed by atoms with Crippen molar-refractivity contribution in [3.63, 3.8) is 0 Å². The maximum absolute atomic E-state index is 14.4. The van der Waals surface area contributed by atoms with Crippen LogP contribution < -0.4 is 37.2 Å². The molecule has 2 aromatic rings. The number of benzene rings is 2. The number of fused-ring (bicyclic) bond motifs is 2. The van der Waals surface area contributed by atoms with E-state index in [1.54, 1.807) is 37.7 Å². The quantitative estimate of drug-likeness (QED) is 0.117. The molecule has 7 amide bonds. The van der Waals surface area contributed by atoms with E-state index in [0.717, 1.165) is 112 Å². The molecule has 8 rings (SSSR count). The fourth-order valence-corrected chi connectivity index (χ4v) is 12.5. The number of nitrogens with zero attached hydrogens (tertiary/aromatic N) is 2. The Morgan fingerprint density at radius 3 is 1.45 bits per heavy atom. The molecule has 4 unspecified atom stereocenters. The van der Waals surface area contributed by atoms with Crippen LogP contribution in [-0.2, 0) is 41.6 Å². The van der Waals surface area contributed by atoms with Crippen LogP contribution in [0.3, 0.4) is 0 Å². The average molecular weight is 978 g/mol. The van der Waals surface area contributed by atoms with Crippen molar-refractivity contribution in [2.75, 3.05) is 32.5 Å². The predicted molar refractivity (Wildman–Crippen MR) is 272 cm³/mol. The standard InChI is InChI=1S/C55H79N9O7/c1-33(56-3)49(65)61-47(35-17-7-5-8-18-35)54(70)63-31-15-29-45(63)52(68)59-42-26-12-21-37-38(42)22-11-25-41(37)51(67)58-43-27-13-24-40-39(43)23-14-28-44(40)60-53(69)46-30-16-32-64(46)55(71)48(36-19-9-6-10-20-36)62-50(66)34(2)57-4/h11,13,22,24-25,27,33-36,42,44-48,56-57H,5-10,12,14-21,23,26,28-32H2,1-4H3,(H,58,67)(H,59,68)(H,60,69)(H,61,65)(H,62,66)/t33?,34?,42-,44-,45+,46+,47?,48?/m1/s1. The summed E-state index contributed by atoms with van der Waals surface area (Å²) in [4.78, 5) is 101. The van der Waals surface area contributed by atoms with Crippen LogP contribution in [0, 0.1) is 11.8 Å². The van der Waals surface area contributed by atoms with Gasteiger partial charge in [-0.2, -0.15) is 0 Å². The minimum absolute atomic E-state index is 0.0262. The molecular formula is C55H79N9O7. The van der Waals surface area contributed by atoms with Crippen molar-refractivity contribution < 1.29 is 33.6 Å². The van der Waals surface area contributed by atoms with E-state index in [4.69, 9.17) is 0 Å². The van der Waals surface area contributed by atoms with Crippen LogP contribution >= 0.6 is 0 Å². The molecule has 16 heteroatoms. The van der Waals surface area contributed by atoms with Gasteiger partial charge >= 0.3 is 0 Å². The Bertz CT molecular complexity index is 2280. The second-order valence-corrected chi connectivity index (χ2v) is 21.3. The number of anilines is 1. The Labute approximate surface area is 420 Å². The summed E-state index contributed by atoms with van der Waals surface area (Å²) in [5.41, 5.74) is 4.96. The van der Waals surface area contributed by atoms with E-state index in [1.807, 2.05) is 36.4 Å². The van der Waals surface area contributed by atoms with E-state index in [-0.39, 0.29) is 65.3 Å². The smallest absolute Gasteiger partial charge is 0.255 e. The number of amides is 7. The first kappa shape index (κ1) is 52.0. The minimum Gasteiger partial charge on any atom is -0.347 e. The molecule has 2 saturated carbocycles. The third-order valence-electron chi connectivity index (χ3n) is 16.8. The summed E-state index contributed by atoms with van der Waals surface area (Å²) in [5.74, 6) is -1.39. The van der Waals surface area contributed by atoms with Gasteiger partial charge in [-0.25, -0.2) is 0 Å². The Morgan fingerprint density at radius 2 is 0.972 bits per heavy atom. The molecule has 71 heavy (non-hydrogen) atoms. The van der Waals surface area contributed by atoms with Crippen molar-refractivity contribution in [2.45, 2.75) is 191 Å². The fraction of sp³-hybridized carbons (Fsp3) is 0.655. The molecule has 0 spiro atoms. The maximum Gasteiger partial charge on any atom is 0.255 e. The minimum atomic E-state index is -0.678. The molecule has 386 valence electrons. The van der Waals surface area contributed by atoms with E-state index >= 15 is 0 Å². The lowest BCUT2D eigenvalue weighted by atomic mass is 9.83. The summed E-state index contributed by atoms with van der Waals surface area (Å²) in [7, 11) is 3.44. The maximum atomic E-state index is 14.4. The molecule has 7 N–H and O–H groups in total. The molecule has 16 nitrogen and oxygen atoms in total. The highest BCUT2D eigenvalue weighted by Crippen LogP contribution is 2.38. The topological polar surface area (TPSA) is 210 Å². The first-order valence-corrected chi connectivity index (χ1v) is 27.1. The summed E-state index contributed by atoms with van der Waals surface area (Å²) < 4.78 is 0. The van der Waals surface area contributed by atoms with Crippen molar-refractivity contribution in [3.05, 3.63) is 64.2 Å². The Hall–Kier alpha value is -5.35. The van der Waals surface area contributed by atoms with Gasteiger partial charge in [0.15, 0.2) is 0 Å². The molecule has 4 fully saturated rings. The monoisotopic (exact) mass is 978 g/mol. The first-order chi connectivity index (χ1) is 34.4. The molecule has 6 aliphatic rings. The SMILES string of the molecule is CNC(C)C(=O)NC(C(=O)N1CCC[C@H]1C(=O)N[C@@H]1CCCc2c(NC(=O)c3cccc4c3CCC[C@H]4NC(=O)[C@@H]3CCCN3C(=O)C(NC(=O)C(C)NC)C3CCCCC3)cccc21)C1CCCCC1.